The first-order valence-electron chi connectivity index (χ1n) is 7.95. The number of aryl methyl sites for hydroxylation is 1. The number of hydrogen-bond donors (Lipinski definition) is 3. The van der Waals surface area contributed by atoms with Crippen molar-refractivity contribution in [3.05, 3.63) is 39.7 Å². The maximum absolute atomic E-state index is 12.0. The fraction of sp³-hybridized carbons (Fsp3) is 0.471. The summed E-state index contributed by atoms with van der Waals surface area (Å²) in [5.41, 5.74) is 1.88. The van der Waals surface area contributed by atoms with Crippen LogP contribution >= 0.6 is 0 Å². The Hall–Kier alpha value is -1.93. The molecule has 4 unspecified atom stereocenters. The first kappa shape index (κ1) is 15.6. The average molecular weight is 334 g/mol. The molecule has 1 fully saturated rings. The van der Waals surface area contributed by atoms with Gasteiger partial charge in [-0.05, 0) is 37.0 Å². The standard InChI is InChI=1S/C17H18O7/c18-12-7-22-17(15(20)14(12)19)23-8-4-5-10-9-2-1-3-11(9)16(21)24-13(10)6-8/h4-6,12,14-15,17-20H,1-3,7H2. The van der Waals surface area contributed by atoms with Crippen molar-refractivity contribution in [1.29, 1.82) is 0 Å². The second kappa shape index (κ2) is 5.86. The quantitative estimate of drug-likeness (QED) is 0.668. The molecule has 0 radical (unpaired) electrons. The van der Waals surface area contributed by atoms with Gasteiger partial charge in [-0.3, -0.25) is 0 Å². The molecule has 2 aliphatic rings. The molecule has 1 aromatic heterocycles. The minimum absolute atomic E-state index is 0.140. The second-order valence-corrected chi connectivity index (χ2v) is 6.23. The third-order valence-electron chi connectivity index (χ3n) is 4.65. The minimum atomic E-state index is -1.38. The van der Waals surface area contributed by atoms with E-state index in [1.165, 1.54) is 0 Å². The fourth-order valence-corrected chi connectivity index (χ4v) is 3.35. The van der Waals surface area contributed by atoms with Crippen molar-refractivity contribution in [2.75, 3.05) is 6.61 Å². The van der Waals surface area contributed by atoms with Crippen LogP contribution in [0.4, 0.5) is 0 Å². The molecule has 7 nitrogen and oxygen atoms in total. The van der Waals surface area contributed by atoms with Crippen molar-refractivity contribution in [2.24, 2.45) is 0 Å². The number of ether oxygens (including phenoxy) is 2. The zero-order chi connectivity index (χ0) is 16.8. The first-order chi connectivity index (χ1) is 11.5. The molecule has 4 rings (SSSR count). The monoisotopic (exact) mass is 334 g/mol. The Morgan fingerprint density at radius 3 is 2.71 bits per heavy atom. The lowest BCUT2D eigenvalue weighted by atomic mass is 10.1. The highest BCUT2D eigenvalue weighted by molar-refractivity contribution is 5.83. The molecule has 0 spiro atoms. The third kappa shape index (κ3) is 2.50. The van der Waals surface area contributed by atoms with Crippen LogP contribution in [-0.2, 0) is 17.6 Å². The molecular weight excluding hydrogens is 316 g/mol. The van der Waals surface area contributed by atoms with Gasteiger partial charge in [-0.1, -0.05) is 0 Å². The Kier molecular flexibility index (Phi) is 3.80. The molecule has 1 aliphatic carbocycles. The lowest BCUT2D eigenvalue weighted by Gasteiger charge is -2.34. The van der Waals surface area contributed by atoms with E-state index in [1.807, 2.05) is 6.07 Å². The van der Waals surface area contributed by atoms with Gasteiger partial charge in [-0.15, -0.1) is 0 Å². The van der Waals surface area contributed by atoms with Crippen molar-refractivity contribution in [3.63, 3.8) is 0 Å². The molecule has 2 heterocycles. The second-order valence-electron chi connectivity index (χ2n) is 6.23. The van der Waals surface area contributed by atoms with Gasteiger partial charge in [-0.25, -0.2) is 4.79 Å². The molecule has 1 aromatic carbocycles. The average Bonchev–Trinajstić information content (AvgIpc) is 3.06. The van der Waals surface area contributed by atoms with E-state index in [1.54, 1.807) is 12.1 Å². The zero-order valence-electron chi connectivity index (χ0n) is 12.8. The zero-order valence-corrected chi connectivity index (χ0v) is 12.8. The topological polar surface area (TPSA) is 109 Å². The van der Waals surface area contributed by atoms with Crippen LogP contribution in [0.25, 0.3) is 11.0 Å². The maximum Gasteiger partial charge on any atom is 0.339 e. The Bertz CT molecular complexity index is 828. The van der Waals surface area contributed by atoms with Crippen LogP contribution in [0.15, 0.2) is 27.4 Å². The van der Waals surface area contributed by atoms with Crippen LogP contribution in [0.5, 0.6) is 5.75 Å². The van der Waals surface area contributed by atoms with Crippen molar-refractivity contribution >= 4 is 11.0 Å². The highest BCUT2D eigenvalue weighted by atomic mass is 16.7. The predicted octanol–water partition coefficient (Wildman–Crippen LogP) is 0.0995. The van der Waals surface area contributed by atoms with Crippen molar-refractivity contribution < 1.29 is 29.2 Å². The molecule has 0 bridgehead atoms. The molecule has 4 atom stereocenters. The molecule has 1 saturated heterocycles. The van der Waals surface area contributed by atoms with Gasteiger partial charge in [0.25, 0.3) is 0 Å². The van der Waals surface area contributed by atoms with Gasteiger partial charge >= 0.3 is 5.63 Å². The molecule has 24 heavy (non-hydrogen) atoms. The molecule has 0 amide bonds. The van der Waals surface area contributed by atoms with Crippen molar-refractivity contribution in [1.82, 2.24) is 0 Å². The highest BCUT2D eigenvalue weighted by Crippen LogP contribution is 2.30. The maximum atomic E-state index is 12.0. The van der Waals surface area contributed by atoms with E-state index in [2.05, 4.69) is 0 Å². The number of aliphatic hydroxyl groups excluding tert-OH is 3. The van der Waals surface area contributed by atoms with Gasteiger partial charge in [0, 0.05) is 17.0 Å². The summed E-state index contributed by atoms with van der Waals surface area (Å²) in [6.07, 6.45) is -2.44. The summed E-state index contributed by atoms with van der Waals surface area (Å²) in [6.45, 7) is -0.140. The number of benzene rings is 1. The lowest BCUT2D eigenvalue weighted by molar-refractivity contribution is -0.242. The summed E-state index contributed by atoms with van der Waals surface area (Å²) in [7, 11) is 0. The van der Waals surface area contributed by atoms with Crippen LogP contribution in [0, 0.1) is 0 Å². The van der Waals surface area contributed by atoms with Crippen LogP contribution in [0.2, 0.25) is 0 Å². The molecule has 128 valence electrons. The van der Waals surface area contributed by atoms with Gasteiger partial charge in [0.1, 0.15) is 29.6 Å². The summed E-state index contributed by atoms with van der Waals surface area (Å²) in [5.74, 6) is 0.344. The molecule has 0 saturated carbocycles. The summed E-state index contributed by atoms with van der Waals surface area (Å²) < 4.78 is 16.1. The SMILES string of the molecule is O=c1oc2cc(OC3OCC(O)C(O)C3O)ccc2c2c1CCC2. The van der Waals surface area contributed by atoms with Crippen molar-refractivity contribution in [2.45, 2.75) is 43.9 Å². The van der Waals surface area contributed by atoms with Crippen LogP contribution < -0.4 is 10.4 Å². The summed E-state index contributed by atoms with van der Waals surface area (Å²) in [6, 6.07) is 5.09. The number of rotatable bonds is 2. The Morgan fingerprint density at radius 2 is 1.88 bits per heavy atom. The first-order valence-corrected chi connectivity index (χ1v) is 7.95. The molecule has 2 aromatic rings. The van der Waals surface area contributed by atoms with Crippen LogP contribution in [-0.4, -0.2) is 46.5 Å². The van der Waals surface area contributed by atoms with Gasteiger partial charge in [-0.2, -0.15) is 0 Å². The fourth-order valence-electron chi connectivity index (χ4n) is 3.35. The van der Waals surface area contributed by atoms with Gasteiger partial charge in [0.2, 0.25) is 6.29 Å². The van der Waals surface area contributed by atoms with Crippen molar-refractivity contribution in [3.8, 4) is 5.75 Å². The van der Waals surface area contributed by atoms with E-state index in [9.17, 15) is 20.1 Å². The third-order valence-corrected chi connectivity index (χ3v) is 4.65. The van der Waals surface area contributed by atoms with Gasteiger partial charge < -0.3 is 29.2 Å². The number of fused-ring (bicyclic) bond motifs is 3. The van der Waals surface area contributed by atoms with E-state index in [-0.39, 0.29) is 12.2 Å². The Labute approximate surface area is 137 Å². The number of hydrogen-bond acceptors (Lipinski definition) is 7. The number of aliphatic hydroxyl groups is 3. The molecule has 1 aliphatic heterocycles. The predicted molar refractivity (Wildman–Crippen MR) is 82.9 cm³/mol. The summed E-state index contributed by atoms with van der Waals surface area (Å²) in [5, 5.41) is 29.9. The molecule has 3 N–H and O–H groups in total. The van der Waals surface area contributed by atoms with Gasteiger partial charge in [0.15, 0.2) is 0 Å². The summed E-state index contributed by atoms with van der Waals surface area (Å²) in [4.78, 5) is 12.0. The normalized spacial score (nSPS) is 29.6. The lowest BCUT2D eigenvalue weighted by Crippen LogP contribution is -2.54. The largest absolute Gasteiger partial charge is 0.462 e. The molecule has 7 heteroatoms. The van der Waals surface area contributed by atoms with Crippen LogP contribution in [0.3, 0.4) is 0 Å². The Morgan fingerprint density at radius 1 is 1.08 bits per heavy atom. The highest BCUT2D eigenvalue weighted by Gasteiger charge is 2.39. The smallest absolute Gasteiger partial charge is 0.339 e. The van der Waals surface area contributed by atoms with Crippen LogP contribution in [0.1, 0.15) is 17.5 Å². The van der Waals surface area contributed by atoms with E-state index < -0.39 is 24.6 Å². The van der Waals surface area contributed by atoms with Gasteiger partial charge in [0.05, 0.1) is 6.61 Å². The minimum Gasteiger partial charge on any atom is -0.462 e. The van der Waals surface area contributed by atoms with E-state index in [0.29, 0.717) is 11.3 Å². The van der Waals surface area contributed by atoms with E-state index >= 15 is 0 Å². The van der Waals surface area contributed by atoms with E-state index in [0.717, 1.165) is 35.8 Å². The molecular formula is C17H18O7. The van der Waals surface area contributed by atoms with E-state index in [4.69, 9.17) is 13.9 Å². The summed E-state index contributed by atoms with van der Waals surface area (Å²) >= 11 is 0. The Balaban J connectivity index is 1.64.